The minimum absolute atomic E-state index is 0.0520. The maximum Gasteiger partial charge on any atom is 0.339 e. The quantitative estimate of drug-likeness (QED) is 0.730. The number of para-hydroxylation sites is 1. The first-order valence-corrected chi connectivity index (χ1v) is 5.14. The molecule has 0 spiro atoms. The second kappa shape index (κ2) is 3.96. The normalized spacial score (nSPS) is 18.6. The molecule has 1 aliphatic heterocycles. The molecule has 0 bridgehead atoms. The number of ether oxygens (including phenoxy) is 1. The van der Waals surface area contributed by atoms with Crippen molar-refractivity contribution in [3.63, 3.8) is 0 Å². The summed E-state index contributed by atoms with van der Waals surface area (Å²) in [6.45, 7) is 1.86. The van der Waals surface area contributed by atoms with Crippen LogP contribution in [0.5, 0.6) is 0 Å². The molecule has 1 amide bonds. The highest BCUT2D eigenvalue weighted by atomic mass is 16.5. The highest BCUT2D eigenvalue weighted by Gasteiger charge is 2.26. The molecule has 1 atom stereocenters. The van der Waals surface area contributed by atoms with Gasteiger partial charge in [-0.3, -0.25) is 4.79 Å². The van der Waals surface area contributed by atoms with Gasteiger partial charge in [0.05, 0.1) is 18.4 Å². The van der Waals surface area contributed by atoms with Gasteiger partial charge in [0.15, 0.2) is 0 Å². The Hall–Kier alpha value is -1.84. The number of amides is 1. The van der Waals surface area contributed by atoms with Gasteiger partial charge in [-0.15, -0.1) is 0 Å². The zero-order chi connectivity index (χ0) is 11.7. The van der Waals surface area contributed by atoms with Crippen LogP contribution in [-0.4, -0.2) is 19.0 Å². The Morgan fingerprint density at radius 3 is 2.94 bits per heavy atom. The first-order valence-electron chi connectivity index (χ1n) is 5.14. The Kier molecular flexibility index (Phi) is 2.64. The van der Waals surface area contributed by atoms with Crippen LogP contribution in [0.1, 0.15) is 22.8 Å². The van der Waals surface area contributed by atoms with Gasteiger partial charge < -0.3 is 10.1 Å². The van der Waals surface area contributed by atoms with E-state index in [0.717, 1.165) is 5.56 Å². The number of hydrogen-bond donors (Lipinski definition) is 1. The van der Waals surface area contributed by atoms with Crippen LogP contribution in [0.3, 0.4) is 0 Å². The summed E-state index contributed by atoms with van der Waals surface area (Å²) in [6.07, 6.45) is 0.659. The summed E-state index contributed by atoms with van der Waals surface area (Å²) in [5.74, 6) is -0.532. The third-order valence-electron chi connectivity index (χ3n) is 2.78. The van der Waals surface area contributed by atoms with Gasteiger partial charge in [0, 0.05) is 5.92 Å². The lowest BCUT2D eigenvalue weighted by Crippen LogP contribution is -2.29. The van der Waals surface area contributed by atoms with E-state index < -0.39 is 5.97 Å². The smallest absolute Gasteiger partial charge is 0.339 e. The molecule has 0 saturated heterocycles. The highest BCUT2D eigenvalue weighted by molar-refractivity contribution is 6.04. The molecule has 1 N–H and O–H groups in total. The third-order valence-corrected chi connectivity index (χ3v) is 2.78. The molecule has 4 nitrogen and oxygen atoms in total. The van der Waals surface area contributed by atoms with Gasteiger partial charge in [-0.1, -0.05) is 19.1 Å². The largest absolute Gasteiger partial charge is 0.465 e. The summed E-state index contributed by atoms with van der Waals surface area (Å²) in [4.78, 5) is 23.1. The van der Waals surface area contributed by atoms with Gasteiger partial charge in [0.2, 0.25) is 5.91 Å². The minimum atomic E-state index is -0.424. The van der Waals surface area contributed by atoms with E-state index in [1.54, 1.807) is 12.1 Å². The van der Waals surface area contributed by atoms with Gasteiger partial charge in [-0.05, 0) is 18.1 Å². The highest BCUT2D eigenvalue weighted by Crippen LogP contribution is 2.29. The van der Waals surface area contributed by atoms with E-state index in [1.165, 1.54) is 7.11 Å². The number of anilines is 1. The van der Waals surface area contributed by atoms with Crippen molar-refractivity contribution in [2.45, 2.75) is 13.3 Å². The molecule has 0 saturated carbocycles. The molecule has 1 heterocycles. The van der Waals surface area contributed by atoms with Crippen LogP contribution in [0.4, 0.5) is 5.69 Å². The van der Waals surface area contributed by atoms with E-state index in [-0.39, 0.29) is 11.8 Å². The minimum Gasteiger partial charge on any atom is -0.465 e. The van der Waals surface area contributed by atoms with Crippen LogP contribution in [0, 0.1) is 5.92 Å². The van der Waals surface area contributed by atoms with E-state index in [1.807, 2.05) is 13.0 Å². The molecular formula is C12H13NO3. The fraction of sp³-hybridized carbons (Fsp3) is 0.333. The fourth-order valence-electron chi connectivity index (χ4n) is 1.87. The molecule has 1 aromatic carbocycles. The molecule has 2 rings (SSSR count). The Labute approximate surface area is 93.6 Å². The van der Waals surface area contributed by atoms with Crippen LogP contribution in [0.15, 0.2) is 18.2 Å². The lowest BCUT2D eigenvalue weighted by atomic mass is 9.92. The van der Waals surface area contributed by atoms with Crippen molar-refractivity contribution in [3.8, 4) is 0 Å². The predicted octanol–water partition coefficient (Wildman–Crippen LogP) is 1.60. The molecule has 84 valence electrons. The number of benzene rings is 1. The number of fused-ring (bicyclic) bond motifs is 1. The number of carbonyl (C=O) groups is 2. The Morgan fingerprint density at radius 2 is 2.25 bits per heavy atom. The summed E-state index contributed by atoms with van der Waals surface area (Å²) in [5.41, 5.74) is 1.99. The first-order chi connectivity index (χ1) is 7.63. The van der Waals surface area contributed by atoms with E-state index in [0.29, 0.717) is 17.7 Å². The topological polar surface area (TPSA) is 55.4 Å². The van der Waals surface area contributed by atoms with Crippen molar-refractivity contribution in [2.24, 2.45) is 5.92 Å². The Bertz CT molecular complexity index is 454. The summed E-state index contributed by atoms with van der Waals surface area (Å²) in [7, 11) is 1.33. The molecule has 0 radical (unpaired) electrons. The second-order valence-electron chi connectivity index (χ2n) is 3.93. The van der Waals surface area contributed by atoms with Crippen molar-refractivity contribution in [1.82, 2.24) is 0 Å². The average molecular weight is 219 g/mol. The van der Waals surface area contributed by atoms with Crippen molar-refractivity contribution in [3.05, 3.63) is 29.3 Å². The molecule has 0 aliphatic carbocycles. The van der Waals surface area contributed by atoms with Gasteiger partial charge in [0.1, 0.15) is 0 Å². The van der Waals surface area contributed by atoms with Crippen LogP contribution in [0.2, 0.25) is 0 Å². The molecule has 1 unspecified atom stereocenters. The number of nitrogens with one attached hydrogen (secondary N) is 1. The number of methoxy groups -OCH3 is 1. The zero-order valence-corrected chi connectivity index (χ0v) is 9.24. The van der Waals surface area contributed by atoms with Gasteiger partial charge >= 0.3 is 5.97 Å². The Morgan fingerprint density at radius 1 is 1.50 bits per heavy atom. The first kappa shape index (κ1) is 10.7. The van der Waals surface area contributed by atoms with Crippen molar-refractivity contribution >= 4 is 17.6 Å². The molecule has 16 heavy (non-hydrogen) atoms. The second-order valence-corrected chi connectivity index (χ2v) is 3.93. The summed E-state index contributed by atoms with van der Waals surface area (Å²) in [6, 6.07) is 5.37. The maximum atomic E-state index is 11.6. The van der Waals surface area contributed by atoms with E-state index in [4.69, 9.17) is 0 Å². The molecular weight excluding hydrogens is 206 g/mol. The van der Waals surface area contributed by atoms with Crippen molar-refractivity contribution < 1.29 is 14.3 Å². The molecule has 4 heteroatoms. The molecule has 0 aromatic heterocycles. The average Bonchev–Trinajstić information content (AvgIpc) is 2.29. The summed E-state index contributed by atoms with van der Waals surface area (Å²) < 4.78 is 4.67. The van der Waals surface area contributed by atoms with Crippen LogP contribution >= 0.6 is 0 Å². The maximum absolute atomic E-state index is 11.6. The number of esters is 1. The standard InChI is InChI=1S/C12H13NO3/c1-7-6-8-4-3-5-9(12(15)16-2)10(8)13-11(7)14/h3-5,7H,6H2,1-2H3,(H,13,14). The molecule has 1 aromatic rings. The van der Waals surface area contributed by atoms with Gasteiger partial charge in [0.25, 0.3) is 0 Å². The van der Waals surface area contributed by atoms with Crippen molar-refractivity contribution in [2.75, 3.05) is 12.4 Å². The SMILES string of the molecule is COC(=O)c1cccc2c1NC(=O)C(C)C2. The fourth-order valence-corrected chi connectivity index (χ4v) is 1.87. The monoisotopic (exact) mass is 219 g/mol. The summed E-state index contributed by atoms with van der Waals surface area (Å²) >= 11 is 0. The molecule has 0 fully saturated rings. The van der Waals surface area contributed by atoms with E-state index >= 15 is 0 Å². The Balaban J connectivity index is 2.48. The predicted molar refractivity (Wildman–Crippen MR) is 59.3 cm³/mol. The van der Waals surface area contributed by atoms with Crippen LogP contribution in [-0.2, 0) is 16.0 Å². The zero-order valence-electron chi connectivity index (χ0n) is 9.24. The summed E-state index contributed by atoms with van der Waals surface area (Å²) in [5, 5.41) is 2.75. The van der Waals surface area contributed by atoms with Gasteiger partial charge in [-0.25, -0.2) is 4.79 Å². The van der Waals surface area contributed by atoms with Crippen LogP contribution < -0.4 is 5.32 Å². The van der Waals surface area contributed by atoms with Gasteiger partial charge in [-0.2, -0.15) is 0 Å². The number of hydrogen-bond acceptors (Lipinski definition) is 3. The van der Waals surface area contributed by atoms with E-state index in [2.05, 4.69) is 10.1 Å². The number of rotatable bonds is 1. The lowest BCUT2D eigenvalue weighted by molar-refractivity contribution is -0.119. The number of carbonyl (C=O) groups excluding carboxylic acids is 2. The van der Waals surface area contributed by atoms with Crippen LogP contribution in [0.25, 0.3) is 0 Å². The van der Waals surface area contributed by atoms with E-state index in [9.17, 15) is 9.59 Å². The molecule has 1 aliphatic rings. The lowest BCUT2D eigenvalue weighted by Gasteiger charge is -2.23. The third kappa shape index (κ3) is 1.66. The van der Waals surface area contributed by atoms with Crippen molar-refractivity contribution in [1.29, 1.82) is 0 Å².